The fourth-order valence-corrected chi connectivity index (χ4v) is 2.57. The van der Waals surface area contributed by atoms with Gasteiger partial charge < -0.3 is 5.32 Å². The van der Waals surface area contributed by atoms with Gasteiger partial charge in [0, 0.05) is 17.2 Å². The second kappa shape index (κ2) is 5.99. The van der Waals surface area contributed by atoms with Crippen molar-refractivity contribution in [2.75, 3.05) is 5.32 Å². The number of nitrogens with zero attached hydrogens (tertiary/aromatic N) is 1. The van der Waals surface area contributed by atoms with Crippen molar-refractivity contribution in [2.45, 2.75) is 6.54 Å². The van der Waals surface area contributed by atoms with Gasteiger partial charge in [-0.15, -0.1) is 0 Å². The minimum absolute atomic E-state index is 0.266. The van der Waals surface area contributed by atoms with Crippen LogP contribution in [0.15, 0.2) is 39.4 Å². The first-order chi connectivity index (χ1) is 8.56. The Labute approximate surface area is 126 Å². The summed E-state index contributed by atoms with van der Waals surface area (Å²) in [5, 5.41) is 3.67. The molecular weight excluding hydrogens is 386 g/mol. The number of rotatable bonds is 3. The van der Waals surface area contributed by atoms with Gasteiger partial charge in [0.15, 0.2) is 0 Å². The van der Waals surface area contributed by atoms with Gasteiger partial charge in [0.05, 0.1) is 9.50 Å². The summed E-state index contributed by atoms with van der Waals surface area (Å²) in [5.41, 5.74) is 0.818. The van der Waals surface area contributed by atoms with Gasteiger partial charge in [0.25, 0.3) is 0 Å². The molecule has 0 saturated carbocycles. The number of pyridine rings is 1. The molecule has 1 heterocycles. The molecule has 0 aliphatic carbocycles. The van der Waals surface area contributed by atoms with Gasteiger partial charge in [-0.2, -0.15) is 0 Å². The third-order valence-corrected chi connectivity index (χ3v) is 3.85. The van der Waals surface area contributed by atoms with Crippen LogP contribution in [0.3, 0.4) is 0 Å². The van der Waals surface area contributed by atoms with Crippen molar-refractivity contribution in [3.8, 4) is 0 Å². The smallest absolute Gasteiger partial charge is 0.140 e. The lowest BCUT2D eigenvalue weighted by Crippen LogP contribution is -2.03. The SMILES string of the molecule is Fc1ccc(Br)c(CNc2ncc(Cl)cc2Br)c1. The van der Waals surface area contributed by atoms with Crippen LogP contribution in [0, 0.1) is 5.82 Å². The normalized spacial score (nSPS) is 10.4. The van der Waals surface area contributed by atoms with Gasteiger partial charge in [0.1, 0.15) is 11.6 Å². The molecule has 2 rings (SSSR count). The second-order valence-electron chi connectivity index (χ2n) is 3.57. The highest BCUT2D eigenvalue weighted by Gasteiger charge is 2.05. The summed E-state index contributed by atoms with van der Waals surface area (Å²) in [6.45, 7) is 0.464. The number of nitrogens with one attached hydrogen (secondary N) is 1. The first kappa shape index (κ1) is 13.8. The van der Waals surface area contributed by atoms with E-state index in [-0.39, 0.29) is 5.82 Å². The highest BCUT2D eigenvalue weighted by molar-refractivity contribution is 9.10. The van der Waals surface area contributed by atoms with E-state index < -0.39 is 0 Å². The van der Waals surface area contributed by atoms with Crippen LogP contribution >= 0.6 is 43.5 Å². The van der Waals surface area contributed by atoms with E-state index in [0.717, 1.165) is 14.5 Å². The molecule has 0 bridgehead atoms. The van der Waals surface area contributed by atoms with E-state index in [1.807, 2.05) is 0 Å². The van der Waals surface area contributed by atoms with Crippen LogP contribution in [0.25, 0.3) is 0 Å². The van der Waals surface area contributed by atoms with Gasteiger partial charge in [-0.05, 0) is 45.8 Å². The van der Waals surface area contributed by atoms with Crippen molar-refractivity contribution >= 4 is 49.3 Å². The minimum Gasteiger partial charge on any atom is -0.365 e. The molecule has 2 nitrogen and oxygen atoms in total. The second-order valence-corrected chi connectivity index (χ2v) is 5.72. The molecule has 0 amide bonds. The van der Waals surface area contributed by atoms with Crippen molar-refractivity contribution in [3.05, 3.63) is 55.8 Å². The number of hydrogen-bond donors (Lipinski definition) is 1. The molecular formula is C12H8Br2ClFN2. The Morgan fingerprint density at radius 3 is 2.72 bits per heavy atom. The summed E-state index contributed by atoms with van der Waals surface area (Å²) >= 11 is 12.5. The van der Waals surface area contributed by atoms with Gasteiger partial charge >= 0.3 is 0 Å². The van der Waals surface area contributed by atoms with Crippen LogP contribution in [-0.2, 0) is 6.54 Å². The maximum atomic E-state index is 13.1. The lowest BCUT2D eigenvalue weighted by molar-refractivity contribution is 0.625. The number of benzene rings is 1. The molecule has 1 N–H and O–H groups in total. The molecule has 0 spiro atoms. The van der Waals surface area contributed by atoms with Gasteiger partial charge in [-0.25, -0.2) is 9.37 Å². The predicted octanol–water partition coefficient (Wildman–Crippen LogP) is 5.01. The van der Waals surface area contributed by atoms with Gasteiger partial charge in [0.2, 0.25) is 0 Å². The predicted molar refractivity (Wildman–Crippen MR) is 78.4 cm³/mol. The summed E-state index contributed by atoms with van der Waals surface area (Å²) in [4.78, 5) is 4.15. The maximum Gasteiger partial charge on any atom is 0.140 e. The summed E-state index contributed by atoms with van der Waals surface area (Å²) in [6.07, 6.45) is 1.55. The molecule has 6 heteroatoms. The molecule has 0 saturated heterocycles. The Kier molecular flexibility index (Phi) is 4.59. The van der Waals surface area contributed by atoms with E-state index in [0.29, 0.717) is 17.4 Å². The molecule has 0 fully saturated rings. The minimum atomic E-state index is -0.266. The summed E-state index contributed by atoms with van der Waals surface area (Å²) < 4.78 is 14.7. The Balaban J connectivity index is 2.13. The zero-order valence-corrected chi connectivity index (χ0v) is 13.0. The van der Waals surface area contributed by atoms with Crippen molar-refractivity contribution in [2.24, 2.45) is 0 Å². The molecule has 94 valence electrons. The molecule has 0 aliphatic heterocycles. The van der Waals surface area contributed by atoms with Crippen molar-refractivity contribution in [1.29, 1.82) is 0 Å². The summed E-state index contributed by atoms with van der Waals surface area (Å²) in [7, 11) is 0. The van der Waals surface area contributed by atoms with Gasteiger partial charge in [-0.3, -0.25) is 0 Å². The lowest BCUT2D eigenvalue weighted by Gasteiger charge is -2.09. The number of anilines is 1. The van der Waals surface area contributed by atoms with Crippen molar-refractivity contribution in [1.82, 2.24) is 4.98 Å². The Morgan fingerprint density at radius 1 is 1.22 bits per heavy atom. The zero-order chi connectivity index (χ0) is 13.1. The topological polar surface area (TPSA) is 24.9 Å². The average molecular weight is 394 g/mol. The first-order valence-electron chi connectivity index (χ1n) is 5.05. The molecule has 1 aromatic heterocycles. The Hall–Kier alpha value is -0.650. The van der Waals surface area contributed by atoms with Crippen LogP contribution in [0.5, 0.6) is 0 Å². The van der Waals surface area contributed by atoms with Gasteiger partial charge in [-0.1, -0.05) is 27.5 Å². The van der Waals surface area contributed by atoms with Crippen LogP contribution < -0.4 is 5.32 Å². The number of halogens is 4. The molecule has 18 heavy (non-hydrogen) atoms. The monoisotopic (exact) mass is 392 g/mol. The van der Waals surface area contributed by atoms with E-state index in [1.165, 1.54) is 12.1 Å². The maximum absolute atomic E-state index is 13.1. The number of hydrogen-bond acceptors (Lipinski definition) is 2. The zero-order valence-electron chi connectivity index (χ0n) is 9.05. The van der Waals surface area contributed by atoms with E-state index in [1.54, 1.807) is 18.3 Å². The quantitative estimate of drug-likeness (QED) is 0.792. The lowest BCUT2D eigenvalue weighted by atomic mass is 10.2. The number of aromatic nitrogens is 1. The summed E-state index contributed by atoms with van der Waals surface area (Å²) in [6, 6.07) is 6.30. The van der Waals surface area contributed by atoms with Crippen LogP contribution in [0.1, 0.15) is 5.56 Å². The fourth-order valence-electron chi connectivity index (χ4n) is 1.40. The molecule has 0 radical (unpaired) electrons. The van der Waals surface area contributed by atoms with E-state index in [4.69, 9.17) is 11.6 Å². The third-order valence-electron chi connectivity index (χ3n) is 2.26. The average Bonchev–Trinajstić information content (AvgIpc) is 2.32. The largest absolute Gasteiger partial charge is 0.365 e. The third kappa shape index (κ3) is 3.43. The van der Waals surface area contributed by atoms with E-state index in [2.05, 4.69) is 42.2 Å². The standard InChI is InChI=1S/C12H8Br2ClFN2/c13-10-2-1-9(16)3-7(10)5-17-12-11(14)4-8(15)6-18-12/h1-4,6H,5H2,(H,17,18). The fraction of sp³-hybridized carbons (Fsp3) is 0.0833. The van der Waals surface area contributed by atoms with E-state index in [9.17, 15) is 4.39 Å². The molecule has 2 aromatic rings. The molecule has 1 aromatic carbocycles. The summed E-state index contributed by atoms with van der Waals surface area (Å²) in [5.74, 6) is 0.397. The van der Waals surface area contributed by atoms with Crippen LogP contribution in [-0.4, -0.2) is 4.98 Å². The van der Waals surface area contributed by atoms with Crippen molar-refractivity contribution < 1.29 is 4.39 Å². The van der Waals surface area contributed by atoms with Crippen molar-refractivity contribution in [3.63, 3.8) is 0 Å². The highest BCUT2D eigenvalue weighted by atomic mass is 79.9. The molecule has 0 atom stereocenters. The highest BCUT2D eigenvalue weighted by Crippen LogP contribution is 2.25. The Morgan fingerprint density at radius 2 is 2.00 bits per heavy atom. The Bertz CT molecular complexity index is 578. The van der Waals surface area contributed by atoms with Crippen LogP contribution in [0.4, 0.5) is 10.2 Å². The molecule has 0 unspecified atom stereocenters. The van der Waals surface area contributed by atoms with Crippen LogP contribution in [0.2, 0.25) is 5.02 Å². The molecule has 0 aliphatic rings. The van der Waals surface area contributed by atoms with E-state index >= 15 is 0 Å². The first-order valence-corrected chi connectivity index (χ1v) is 7.01.